The van der Waals surface area contributed by atoms with Gasteiger partial charge in [0.25, 0.3) is 0 Å². The van der Waals surface area contributed by atoms with Crippen LogP contribution in [0.1, 0.15) is 29.2 Å². The molecule has 1 heterocycles. The van der Waals surface area contributed by atoms with E-state index in [-0.39, 0.29) is 0 Å². The largest absolute Gasteiger partial charge is 0.493 e. The van der Waals surface area contributed by atoms with Crippen LogP contribution in [0.25, 0.3) is 11.3 Å². The molecule has 0 spiro atoms. The molecule has 0 aliphatic heterocycles. The van der Waals surface area contributed by atoms with Crippen molar-refractivity contribution in [1.29, 1.82) is 0 Å². The maximum absolute atomic E-state index is 6.30. The third-order valence-electron chi connectivity index (χ3n) is 4.35. The van der Waals surface area contributed by atoms with Crippen LogP contribution in [0, 0.1) is 20.8 Å². The molecule has 0 saturated carbocycles. The zero-order valence-electron chi connectivity index (χ0n) is 17.2. The molecule has 5 nitrogen and oxygen atoms in total. The first-order valence-corrected chi connectivity index (χ1v) is 10.5. The minimum absolute atomic E-state index is 0.481. The van der Waals surface area contributed by atoms with Gasteiger partial charge in [-0.15, -0.1) is 11.3 Å². The highest BCUT2D eigenvalue weighted by Crippen LogP contribution is 2.36. The van der Waals surface area contributed by atoms with E-state index in [1.165, 1.54) is 33.6 Å². The van der Waals surface area contributed by atoms with Gasteiger partial charge in [-0.1, -0.05) is 29.3 Å². The maximum Gasteiger partial charge on any atom is 0.203 e. The second-order valence-corrected chi connectivity index (χ2v) is 7.91. The number of hydrogen-bond acceptors (Lipinski definition) is 6. The molecule has 0 unspecified atom stereocenters. The topological polar surface area (TPSA) is 55.7 Å². The normalized spacial score (nSPS) is 11.1. The number of halogens is 1. The van der Waals surface area contributed by atoms with E-state index in [1.54, 1.807) is 19.4 Å². The number of anilines is 1. The van der Waals surface area contributed by atoms with Crippen molar-refractivity contribution in [3.05, 3.63) is 56.9 Å². The van der Waals surface area contributed by atoms with Crippen molar-refractivity contribution in [1.82, 2.24) is 4.98 Å². The Kier molecular flexibility index (Phi) is 6.77. The molecule has 152 valence electrons. The molecule has 0 bridgehead atoms. The Morgan fingerprint density at radius 1 is 1.17 bits per heavy atom. The number of thiazole rings is 1. The number of nitrogens with one attached hydrogen (secondary N) is 1. The molecule has 0 fully saturated rings. The number of ether oxygens (including phenoxy) is 2. The second-order valence-electron chi connectivity index (χ2n) is 6.65. The van der Waals surface area contributed by atoms with E-state index in [9.17, 15) is 0 Å². The highest BCUT2D eigenvalue weighted by Gasteiger charge is 2.12. The summed E-state index contributed by atoms with van der Waals surface area (Å²) in [4.78, 5) is 4.68. The molecule has 0 atom stereocenters. The predicted molar refractivity (Wildman–Crippen MR) is 122 cm³/mol. The van der Waals surface area contributed by atoms with Gasteiger partial charge in [-0.3, -0.25) is 5.43 Å². The summed E-state index contributed by atoms with van der Waals surface area (Å²) in [7, 11) is 1.58. The van der Waals surface area contributed by atoms with Gasteiger partial charge in [-0.2, -0.15) is 5.10 Å². The zero-order valence-corrected chi connectivity index (χ0v) is 18.7. The molecule has 0 aliphatic carbocycles. The third-order valence-corrected chi connectivity index (χ3v) is 5.38. The molecule has 3 aromatic rings. The number of methoxy groups -OCH3 is 1. The van der Waals surface area contributed by atoms with E-state index in [2.05, 4.69) is 48.4 Å². The fourth-order valence-corrected chi connectivity index (χ4v) is 4.21. The minimum Gasteiger partial charge on any atom is -0.493 e. The second kappa shape index (κ2) is 9.29. The number of aromatic nitrogens is 1. The first kappa shape index (κ1) is 21.1. The Hall–Kier alpha value is -2.57. The molecule has 0 amide bonds. The molecule has 3 rings (SSSR count). The van der Waals surface area contributed by atoms with Gasteiger partial charge < -0.3 is 9.47 Å². The van der Waals surface area contributed by atoms with Gasteiger partial charge in [0.1, 0.15) is 0 Å². The van der Waals surface area contributed by atoms with Gasteiger partial charge in [0.05, 0.1) is 30.6 Å². The molecule has 1 aromatic heterocycles. The number of nitrogens with zero attached hydrogens (tertiary/aromatic N) is 2. The number of rotatable bonds is 7. The Labute approximate surface area is 180 Å². The van der Waals surface area contributed by atoms with Crippen LogP contribution in [0.15, 0.2) is 34.7 Å². The average molecular weight is 430 g/mol. The smallest absolute Gasteiger partial charge is 0.203 e. The van der Waals surface area contributed by atoms with E-state index in [4.69, 9.17) is 21.1 Å². The number of hydrazone groups is 1. The maximum atomic E-state index is 6.30. The lowest BCUT2D eigenvalue weighted by atomic mass is 9.98. The van der Waals surface area contributed by atoms with Crippen molar-refractivity contribution < 1.29 is 9.47 Å². The summed E-state index contributed by atoms with van der Waals surface area (Å²) in [6.45, 7) is 8.75. The van der Waals surface area contributed by atoms with Crippen LogP contribution >= 0.6 is 22.9 Å². The fourth-order valence-electron chi connectivity index (χ4n) is 3.28. The summed E-state index contributed by atoms with van der Waals surface area (Å²) in [5.74, 6) is 1.11. The van der Waals surface area contributed by atoms with Gasteiger partial charge in [0.2, 0.25) is 5.13 Å². The lowest BCUT2D eigenvalue weighted by Gasteiger charge is -2.11. The van der Waals surface area contributed by atoms with Crippen LogP contribution in [-0.4, -0.2) is 24.9 Å². The molecule has 0 aliphatic rings. The summed E-state index contributed by atoms with van der Waals surface area (Å²) in [5, 5.41) is 7.53. The third kappa shape index (κ3) is 4.89. The molecule has 2 aromatic carbocycles. The van der Waals surface area contributed by atoms with Crippen molar-refractivity contribution in [3.63, 3.8) is 0 Å². The van der Waals surface area contributed by atoms with E-state index in [0.29, 0.717) is 23.1 Å². The van der Waals surface area contributed by atoms with E-state index in [0.717, 1.165) is 16.4 Å². The lowest BCUT2D eigenvalue weighted by molar-refractivity contribution is 0.311. The van der Waals surface area contributed by atoms with Crippen LogP contribution in [0.2, 0.25) is 5.02 Å². The Bertz CT molecular complexity index is 1020. The molecular weight excluding hydrogens is 406 g/mol. The van der Waals surface area contributed by atoms with Crippen molar-refractivity contribution in [2.24, 2.45) is 5.10 Å². The van der Waals surface area contributed by atoms with Gasteiger partial charge in [0.15, 0.2) is 11.5 Å². The van der Waals surface area contributed by atoms with Crippen LogP contribution in [0.4, 0.5) is 5.13 Å². The van der Waals surface area contributed by atoms with Crippen molar-refractivity contribution in [3.8, 4) is 22.8 Å². The van der Waals surface area contributed by atoms with Gasteiger partial charge in [-0.05, 0) is 56.5 Å². The Morgan fingerprint density at radius 2 is 1.90 bits per heavy atom. The van der Waals surface area contributed by atoms with Gasteiger partial charge in [0, 0.05) is 10.9 Å². The summed E-state index contributed by atoms with van der Waals surface area (Å²) in [6, 6.07) is 7.97. The van der Waals surface area contributed by atoms with Crippen LogP contribution < -0.4 is 14.9 Å². The van der Waals surface area contributed by atoms with Crippen LogP contribution in [0.3, 0.4) is 0 Å². The van der Waals surface area contributed by atoms with Gasteiger partial charge in [-0.25, -0.2) is 4.98 Å². The van der Waals surface area contributed by atoms with E-state index < -0.39 is 0 Å². The van der Waals surface area contributed by atoms with Crippen LogP contribution in [0.5, 0.6) is 11.5 Å². The average Bonchev–Trinajstić information content (AvgIpc) is 3.11. The first-order valence-electron chi connectivity index (χ1n) is 9.26. The first-order chi connectivity index (χ1) is 13.9. The summed E-state index contributed by atoms with van der Waals surface area (Å²) in [6.07, 6.45) is 1.67. The quantitative estimate of drug-likeness (QED) is 0.356. The Balaban J connectivity index is 1.76. The highest BCUT2D eigenvalue weighted by atomic mass is 35.5. The van der Waals surface area contributed by atoms with Crippen molar-refractivity contribution in [2.45, 2.75) is 27.7 Å². The summed E-state index contributed by atoms with van der Waals surface area (Å²) >= 11 is 7.82. The lowest BCUT2D eigenvalue weighted by Crippen LogP contribution is -1.98. The highest BCUT2D eigenvalue weighted by molar-refractivity contribution is 7.14. The summed E-state index contributed by atoms with van der Waals surface area (Å²) < 4.78 is 10.9. The molecular formula is C22H24ClN3O2S. The number of hydrogen-bond donors (Lipinski definition) is 1. The Morgan fingerprint density at radius 3 is 2.55 bits per heavy atom. The fraction of sp³-hybridized carbons (Fsp3) is 0.273. The number of aryl methyl sites for hydroxylation is 3. The standard InChI is InChI=1S/C22H24ClN3O2S/c1-6-28-21-17(23)9-16(10-19(21)27-5)11-24-26-22-25-18(12-29-22)20-14(3)7-13(2)8-15(20)4/h7-12H,6H2,1-5H3,(H,25,26)/b24-11-. The van der Waals surface area contributed by atoms with Crippen LogP contribution in [-0.2, 0) is 0 Å². The van der Waals surface area contributed by atoms with Gasteiger partial charge >= 0.3 is 0 Å². The minimum atomic E-state index is 0.481. The molecule has 0 saturated heterocycles. The van der Waals surface area contributed by atoms with E-state index in [1.807, 2.05) is 18.4 Å². The predicted octanol–water partition coefficient (Wildman–Crippen LogP) is 6.24. The SMILES string of the molecule is CCOc1c(Cl)cc(/C=N\Nc2nc(-c3c(C)cc(C)cc3C)cs2)cc1OC. The molecule has 1 N–H and O–H groups in total. The molecule has 7 heteroatoms. The zero-order chi connectivity index (χ0) is 21.0. The monoisotopic (exact) mass is 429 g/mol. The molecule has 29 heavy (non-hydrogen) atoms. The van der Waals surface area contributed by atoms with Crippen molar-refractivity contribution >= 4 is 34.3 Å². The molecule has 0 radical (unpaired) electrons. The van der Waals surface area contributed by atoms with Crippen molar-refractivity contribution in [2.75, 3.05) is 19.1 Å². The number of benzene rings is 2. The van der Waals surface area contributed by atoms with E-state index >= 15 is 0 Å². The summed E-state index contributed by atoms with van der Waals surface area (Å²) in [5.41, 5.74) is 9.61.